The van der Waals surface area contributed by atoms with Gasteiger partial charge in [0.2, 0.25) is 5.78 Å². The summed E-state index contributed by atoms with van der Waals surface area (Å²) in [6, 6.07) is 14.7. The van der Waals surface area contributed by atoms with E-state index in [9.17, 15) is 4.79 Å². The van der Waals surface area contributed by atoms with E-state index in [1.807, 2.05) is 24.3 Å². The summed E-state index contributed by atoms with van der Waals surface area (Å²) in [4.78, 5) is 12.2. The van der Waals surface area contributed by atoms with E-state index >= 15 is 0 Å². The van der Waals surface area contributed by atoms with Crippen LogP contribution in [0.1, 0.15) is 16.1 Å². The van der Waals surface area contributed by atoms with Crippen molar-refractivity contribution in [1.82, 2.24) is 0 Å². The van der Waals surface area contributed by atoms with E-state index in [1.165, 1.54) is 0 Å². The SMILES string of the molecule is O=C(Cc1ccc(Br)cc1)c1cc2cc(Cl)ccc2o1. The lowest BCUT2D eigenvalue weighted by molar-refractivity contribution is 0.0968. The molecular formula is C16H10BrClO2. The molecule has 1 heterocycles. The highest BCUT2D eigenvalue weighted by molar-refractivity contribution is 9.10. The molecule has 1 aromatic heterocycles. The minimum atomic E-state index is -0.0420. The molecule has 100 valence electrons. The lowest BCUT2D eigenvalue weighted by atomic mass is 10.1. The largest absolute Gasteiger partial charge is 0.453 e. The van der Waals surface area contributed by atoms with Crippen molar-refractivity contribution >= 4 is 44.3 Å². The number of benzene rings is 2. The molecule has 4 heteroatoms. The molecular weight excluding hydrogens is 340 g/mol. The van der Waals surface area contributed by atoms with Crippen molar-refractivity contribution in [3.63, 3.8) is 0 Å². The number of Topliss-reactive ketones (excluding diaryl/α,β-unsaturated/α-hetero) is 1. The Balaban J connectivity index is 1.86. The van der Waals surface area contributed by atoms with Crippen molar-refractivity contribution in [3.05, 3.63) is 69.3 Å². The Morgan fingerprint density at radius 3 is 2.60 bits per heavy atom. The van der Waals surface area contributed by atoms with E-state index in [0.717, 1.165) is 15.4 Å². The highest BCUT2D eigenvalue weighted by Crippen LogP contribution is 2.24. The fourth-order valence-electron chi connectivity index (χ4n) is 2.03. The quantitative estimate of drug-likeness (QED) is 0.603. The molecule has 0 aliphatic carbocycles. The molecule has 3 aromatic rings. The van der Waals surface area contributed by atoms with Crippen LogP contribution in [0.4, 0.5) is 0 Å². The predicted molar refractivity (Wildman–Crippen MR) is 83.4 cm³/mol. The predicted octanol–water partition coefficient (Wildman–Crippen LogP) is 5.27. The van der Waals surface area contributed by atoms with Crippen molar-refractivity contribution < 1.29 is 9.21 Å². The van der Waals surface area contributed by atoms with E-state index in [-0.39, 0.29) is 5.78 Å². The molecule has 0 amide bonds. The van der Waals surface area contributed by atoms with Gasteiger partial charge < -0.3 is 4.42 Å². The Labute approximate surface area is 129 Å². The third kappa shape index (κ3) is 2.79. The van der Waals surface area contributed by atoms with E-state index in [4.69, 9.17) is 16.0 Å². The average Bonchev–Trinajstić information content (AvgIpc) is 2.84. The van der Waals surface area contributed by atoms with Crippen LogP contribution in [0.25, 0.3) is 11.0 Å². The number of carbonyl (C=O) groups is 1. The van der Waals surface area contributed by atoms with Gasteiger partial charge in [-0.05, 0) is 42.0 Å². The molecule has 2 aromatic carbocycles. The third-order valence-electron chi connectivity index (χ3n) is 3.03. The smallest absolute Gasteiger partial charge is 0.202 e. The van der Waals surface area contributed by atoms with Gasteiger partial charge in [0.15, 0.2) is 5.76 Å². The molecule has 0 spiro atoms. The zero-order valence-electron chi connectivity index (χ0n) is 10.4. The van der Waals surface area contributed by atoms with Crippen LogP contribution in [0, 0.1) is 0 Å². The second-order valence-electron chi connectivity index (χ2n) is 4.52. The minimum Gasteiger partial charge on any atom is -0.453 e. The highest BCUT2D eigenvalue weighted by Gasteiger charge is 2.13. The van der Waals surface area contributed by atoms with Crippen molar-refractivity contribution in [2.45, 2.75) is 6.42 Å². The summed E-state index contributed by atoms with van der Waals surface area (Å²) in [5.41, 5.74) is 1.63. The molecule has 0 aliphatic rings. The number of hydrogen-bond acceptors (Lipinski definition) is 2. The number of halogens is 2. The molecule has 0 saturated carbocycles. The summed E-state index contributed by atoms with van der Waals surface area (Å²) in [5.74, 6) is 0.324. The van der Waals surface area contributed by atoms with Crippen LogP contribution in [0.15, 0.2) is 57.4 Å². The van der Waals surface area contributed by atoms with Crippen LogP contribution in [0.5, 0.6) is 0 Å². The van der Waals surface area contributed by atoms with Gasteiger partial charge in [-0.2, -0.15) is 0 Å². The van der Waals surface area contributed by atoms with Crippen LogP contribution in [-0.2, 0) is 6.42 Å². The first-order valence-electron chi connectivity index (χ1n) is 6.08. The van der Waals surface area contributed by atoms with Crippen LogP contribution in [-0.4, -0.2) is 5.78 Å². The summed E-state index contributed by atoms with van der Waals surface area (Å²) in [6.07, 6.45) is 0.320. The van der Waals surface area contributed by atoms with Crippen LogP contribution in [0.3, 0.4) is 0 Å². The van der Waals surface area contributed by atoms with E-state index in [2.05, 4.69) is 15.9 Å². The Morgan fingerprint density at radius 2 is 1.85 bits per heavy atom. The van der Waals surface area contributed by atoms with Gasteiger partial charge in [-0.1, -0.05) is 39.7 Å². The topological polar surface area (TPSA) is 30.2 Å². The molecule has 0 N–H and O–H groups in total. The first-order chi connectivity index (χ1) is 9.61. The van der Waals surface area contributed by atoms with Gasteiger partial charge >= 0.3 is 0 Å². The molecule has 0 radical (unpaired) electrons. The fourth-order valence-corrected chi connectivity index (χ4v) is 2.47. The normalized spacial score (nSPS) is 10.9. The van der Waals surface area contributed by atoms with Crippen molar-refractivity contribution in [1.29, 1.82) is 0 Å². The molecule has 0 bridgehead atoms. The Morgan fingerprint density at radius 1 is 1.10 bits per heavy atom. The number of hydrogen-bond donors (Lipinski definition) is 0. The van der Waals surface area contributed by atoms with Gasteiger partial charge in [0.1, 0.15) is 5.58 Å². The van der Waals surface area contributed by atoms with E-state index in [0.29, 0.717) is 22.8 Å². The first kappa shape index (κ1) is 13.4. The Hall–Kier alpha value is -1.58. The molecule has 20 heavy (non-hydrogen) atoms. The molecule has 3 rings (SSSR count). The molecule has 0 unspecified atom stereocenters. The molecule has 0 saturated heterocycles. The molecule has 2 nitrogen and oxygen atoms in total. The lowest BCUT2D eigenvalue weighted by Crippen LogP contribution is -2.01. The van der Waals surface area contributed by atoms with Crippen molar-refractivity contribution in [2.75, 3.05) is 0 Å². The Kier molecular flexibility index (Phi) is 3.64. The molecule has 0 atom stereocenters. The van der Waals surface area contributed by atoms with Crippen molar-refractivity contribution in [3.8, 4) is 0 Å². The number of furan rings is 1. The summed E-state index contributed by atoms with van der Waals surface area (Å²) >= 11 is 9.29. The minimum absolute atomic E-state index is 0.0420. The maximum absolute atomic E-state index is 12.2. The van der Waals surface area contributed by atoms with Crippen molar-refractivity contribution in [2.24, 2.45) is 0 Å². The monoisotopic (exact) mass is 348 g/mol. The van der Waals surface area contributed by atoms with Gasteiger partial charge in [0.05, 0.1) is 0 Å². The zero-order valence-corrected chi connectivity index (χ0v) is 12.7. The van der Waals surface area contributed by atoms with E-state index in [1.54, 1.807) is 24.3 Å². The maximum atomic E-state index is 12.2. The fraction of sp³-hybridized carbons (Fsp3) is 0.0625. The molecule has 0 aliphatic heterocycles. The summed E-state index contributed by atoms with van der Waals surface area (Å²) < 4.78 is 6.56. The second kappa shape index (κ2) is 5.43. The van der Waals surface area contributed by atoms with Gasteiger partial charge in [-0.15, -0.1) is 0 Å². The van der Waals surface area contributed by atoms with Gasteiger partial charge in [0.25, 0.3) is 0 Å². The van der Waals surface area contributed by atoms with Crippen LogP contribution < -0.4 is 0 Å². The molecule has 0 fully saturated rings. The summed E-state index contributed by atoms with van der Waals surface area (Å²) in [6.45, 7) is 0. The average molecular weight is 350 g/mol. The number of carbonyl (C=O) groups excluding carboxylic acids is 1. The summed E-state index contributed by atoms with van der Waals surface area (Å²) in [5, 5.41) is 1.47. The Bertz CT molecular complexity index is 775. The second-order valence-corrected chi connectivity index (χ2v) is 5.87. The van der Waals surface area contributed by atoms with Gasteiger partial charge in [-0.25, -0.2) is 0 Å². The van der Waals surface area contributed by atoms with E-state index < -0.39 is 0 Å². The van der Waals surface area contributed by atoms with Crippen LogP contribution >= 0.6 is 27.5 Å². The third-order valence-corrected chi connectivity index (χ3v) is 3.79. The highest BCUT2D eigenvalue weighted by atomic mass is 79.9. The van der Waals surface area contributed by atoms with Crippen LogP contribution in [0.2, 0.25) is 5.02 Å². The maximum Gasteiger partial charge on any atom is 0.202 e. The number of rotatable bonds is 3. The lowest BCUT2D eigenvalue weighted by Gasteiger charge is -1.98. The summed E-state index contributed by atoms with van der Waals surface area (Å²) in [7, 11) is 0. The zero-order chi connectivity index (χ0) is 14.1. The first-order valence-corrected chi connectivity index (χ1v) is 7.26. The number of fused-ring (bicyclic) bond motifs is 1. The standard InChI is InChI=1S/C16H10BrClO2/c17-12-3-1-10(2-4-12)7-14(19)16-9-11-8-13(18)5-6-15(11)20-16/h1-6,8-9H,7H2. The number of ketones is 1. The van der Waals surface area contributed by atoms with Gasteiger partial charge in [-0.3, -0.25) is 4.79 Å². The van der Waals surface area contributed by atoms with Gasteiger partial charge in [0, 0.05) is 21.3 Å².